The van der Waals surface area contributed by atoms with Crippen molar-refractivity contribution in [3.63, 3.8) is 0 Å². The zero-order chi connectivity index (χ0) is 36.9. The first-order chi connectivity index (χ1) is 26.7. The molecule has 0 N–H and O–H groups in total. The van der Waals surface area contributed by atoms with Crippen LogP contribution in [0.25, 0.3) is 33.4 Å². The van der Waals surface area contributed by atoms with Gasteiger partial charge in [0.2, 0.25) is 0 Å². The third kappa shape index (κ3) is 4.05. The van der Waals surface area contributed by atoms with Crippen LogP contribution in [0, 0.1) is 29.1 Å². The highest BCUT2D eigenvalue weighted by Gasteiger charge is 2.84. The molecular formula is C54H51N. The van der Waals surface area contributed by atoms with Gasteiger partial charge < -0.3 is 4.90 Å². The van der Waals surface area contributed by atoms with Crippen LogP contribution in [0.2, 0.25) is 0 Å². The molecule has 272 valence electrons. The monoisotopic (exact) mass is 713 g/mol. The molecule has 0 saturated heterocycles. The van der Waals surface area contributed by atoms with Crippen LogP contribution in [0.4, 0.5) is 17.1 Å². The molecule has 1 nitrogen and oxygen atoms in total. The second-order valence-electron chi connectivity index (χ2n) is 19.6. The quantitative estimate of drug-likeness (QED) is 0.172. The summed E-state index contributed by atoms with van der Waals surface area (Å²) in [5, 5.41) is 0. The highest BCUT2D eigenvalue weighted by molar-refractivity contribution is 5.93. The standard InChI is InChI=1S/C54H51N/c1-51(2)27-28-52(3,4)50-45(51)19-12-20-46(50)55(39-23-21-36(22-24-39)35-13-7-5-8-14-35)40-25-26-44-43(32-40)42-18-11-17-41(37-15-9-6-10-16-37)49(42)54(44)47-30-34-29-38-31-48(54)53(38,47)33-34/h5-26,32,34,38,47-48H,27-31,33H2,1-4H3. The molecule has 55 heavy (non-hydrogen) atoms. The first-order valence-corrected chi connectivity index (χ1v) is 21.2. The van der Waals surface area contributed by atoms with E-state index in [4.69, 9.17) is 0 Å². The third-order valence-corrected chi connectivity index (χ3v) is 16.4. The summed E-state index contributed by atoms with van der Waals surface area (Å²) < 4.78 is 0. The molecular weight excluding hydrogens is 663 g/mol. The Morgan fingerprint density at radius 3 is 1.91 bits per heavy atom. The van der Waals surface area contributed by atoms with Gasteiger partial charge >= 0.3 is 0 Å². The molecule has 4 saturated carbocycles. The lowest BCUT2D eigenvalue weighted by Crippen LogP contribution is -2.73. The highest BCUT2D eigenvalue weighted by atomic mass is 15.1. The second kappa shape index (κ2) is 10.9. The van der Waals surface area contributed by atoms with Crippen LogP contribution in [-0.2, 0) is 16.2 Å². The smallest absolute Gasteiger partial charge is 0.0502 e. The minimum atomic E-state index is 0.0600. The van der Waals surface area contributed by atoms with Crippen LogP contribution >= 0.6 is 0 Å². The van der Waals surface area contributed by atoms with Gasteiger partial charge in [0.25, 0.3) is 0 Å². The van der Waals surface area contributed by atoms with Crippen molar-refractivity contribution in [3.8, 4) is 33.4 Å². The summed E-state index contributed by atoms with van der Waals surface area (Å²) in [6.45, 7) is 9.85. The van der Waals surface area contributed by atoms with Gasteiger partial charge in [0.05, 0.1) is 5.69 Å². The van der Waals surface area contributed by atoms with E-state index in [1.54, 1.807) is 11.1 Å². The molecule has 0 aromatic heterocycles. The van der Waals surface area contributed by atoms with Gasteiger partial charge in [-0.2, -0.15) is 0 Å². The van der Waals surface area contributed by atoms with E-state index in [2.05, 4.69) is 172 Å². The van der Waals surface area contributed by atoms with Gasteiger partial charge in [-0.15, -0.1) is 0 Å². The Morgan fingerprint density at radius 2 is 1.15 bits per heavy atom. The Balaban J connectivity index is 1.09. The van der Waals surface area contributed by atoms with Crippen LogP contribution < -0.4 is 4.90 Å². The summed E-state index contributed by atoms with van der Waals surface area (Å²) in [6.07, 6.45) is 8.20. The van der Waals surface area contributed by atoms with Crippen LogP contribution in [0.15, 0.2) is 140 Å². The van der Waals surface area contributed by atoms with E-state index in [1.807, 2.05) is 0 Å². The van der Waals surface area contributed by atoms with Gasteiger partial charge in [-0.25, -0.2) is 0 Å². The summed E-state index contributed by atoms with van der Waals surface area (Å²) in [5.74, 6) is 3.43. The Morgan fingerprint density at radius 1 is 0.491 bits per heavy atom. The van der Waals surface area contributed by atoms with Gasteiger partial charge in [-0.3, -0.25) is 0 Å². The van der Waals surface area contributed by atoms with E-state index < -0.39 is 0 Å². The maximum absolute atomic E-state index is 2.61. The Hall–Kier alpha value is -4.88. The predicted octanol–water partition coefficient (Wildman–Crippen LogP) is 14.2. The SMILES string of the molecule is CC1(C)CCC(C)(C)c2c(N(c3ccc(-c4ccccc4)cc3)c3ccc4c(c3)-c3cccc(-c5ccccc5)c3C43C4CC5CC6CC3C64C5)cccc21. The zero-order valence-corrected chi connectivity index (χ0v) is 32.8. The minimum absolute atomic E-state index is 0.0600. The van der Waals surface area contributed by atoms with Crippen molar-refractivity contribution in [1.82, 2.24) is 0 Å². The van der Waals surface area contributed by atoms with Crippen molar-refractivity contribution in [2.24, 2.45) is 29.1 Å². The number of nitrogens with zero attached hydrogens (tertiary/aromatic N) is 1. The molecule has 0 heterocycles. The molecule has 0 aliphatic heterocycles. The lowest BCUT2D eigenvalue weighted by Gasteiger charge is -2.76. The van der Waals surface area contributed by atoms with Crippen molar-refractivity contribution in [2.75, 3.05) is 4.90 Å². The van der Waals surface area contributed by atoms with Gasteiger partial charge in [0, 0.05) is 16.8 Å². The molecule has 6 aliphatic rings. The molecule has 4 fully saturated rings. The van der Waals surface area contributed by atoms with Gasteiger partial charge in [-0.1, -0.05) is 137 Å². The summed E-state index contributed by atoms with van der Waals surface area (Å²) in [7, 11) is 0. The molecule has 2 bridgehead atoms. The molecule has 6 aliphatic carbocycles. The molecule has 1 heteroatoms. The van der Waals surface area contributed by atoms with Gasteiger partial charge in [0.1, 0.15) is 0 Å². The highest BCUT2D eigenvalue weighted by Crippen LogP contribution is 2.90. The van der Waals surface area contributed by atoms with Crippen LogP contribution in [-0.4, -0.2) is 0 Å². The summed E-state index contributed by atoms with van der Waals surface area (Å²) in [4.78, 5) is 2.61. The first kappa shape index (κ1) is 32.4. The zero-order valence-electron chi connectivity index (χ0n) is 32.8. The largest absolute Gasteiger partial charge is 0.310 e. The predicted molar refractivity (Wildman–Crippen MR) is 228 cm³/mol. The normalized spacial score (nSPS) is 29.1. The summed E-state index contributed by atoms with van der Waals surface area (Å²) in [6, 6.07) is 53.6. The van der Waals surface area contributed by atoms with E-state index >= 15 is 0 Å². The van der Waals surface area contributed by atoms with E-state index in [-0.39, 0.29) is 16.2 Å². The molecule has 2 spiro atoms. The van der Waals surface area contributed by atoms with Crippen molar-refractivity contribution >= 4 is 17.1 Å². The average Bonchev–Trinajstić information content (AvgIpc) is 3.85. The number of anilines is 3. The topological polar surface area (TPSA) is 3.24 Å². The lowest BCUT2D eigenvalue weighted by atomic mass is 9.26. The van der Waals surface area contributed by atoms with Gasteiger partial charge in [0.15, 0.2) is 0 Å². The molecule has 0 radical (unpaired) electrons. The van der Waals surface area contributed by atoms with Gasteiger partial charge in [-0.05, 0) is 164 Å². The fourth-order valence-corrected chi connectivity index (χ4v) is 14.2. The third-order valence-electron chi connectivity index (χ3n) is 16.4. The van der Waals surface area contributed by atoms with Crippen molar-refractivity contribution in [3.05, 3.63) is 162 Å². The van der Waals surface area contributed by atoms with Crippen LogP contribution in [0.1, 0.15) is 88.5 Å². The summed E-state index contributed by atoms with van der Waals surface area (Å²) >= 11 is 0. The minimum Gasteiger partial charge on any atom is -0.310 e. The average molecular weight is 714 g/mol. The fourth-order valence-electron chi connectivity index (χ4n) is 14.2. The Labute approximate surface area is 327 Å². The number of rotatable bonds is 5. The maximum Gasteiger partial charge on any atom is 0.0502 e. The van der Waals surface area contributed by atoms with Crippen molar-refractivity contribution < 1.29 is 0 Å². The van der Waals surface area contributed by atoms with Crippen LogP contribution in [0.3, 0.4) is 0 Å². The number of benzene rings is 6. The fraction of sp³-hybridized carbons (Fsp3) is 0.333. The van der Waals surface area contributed by atoms with Crippen molar-refractivity contribution in [2.45, 2.75) is 82.5 Å². The lowest BCUT2D eigenvalue weighted by molar-refractivity contribution is -0.231. The number of hydrogen-bond donors (Lipinski definition) is 0. The number of fused-ring (bicyclic) bond motifs is 9. The summed E-state index contributed by atoms with van der Waals surface area (Å²) in [5.41, 5.74) is 19.3. The van der Waals surface area contributed by atoms with E-state index in [0.717, 1.165) is 23.7 Å². The van der Waals surface area contributed by atoms with E-state index in [0.29, 0.717) is 5.41 Å². The Bertz CT molecular complexity index is 2530. The molecule has 0 amide bonds. The van der Waals surface area contributed by atoms with E-state index in [9.17, 15) is 0 Å². The molecule has 12 rings (SSSR count). The number of hydrogen-bond acceptors (Lipinski definition) is 1. The second-order valence-corrected chi connectivity index (χ2v) is 19.6. The van der Waals surface area contributed by atoms with E-state index in [1.165, 1.54) is 100 Å². The maximum atomic E-state index is 2.61. The van der Waals surface area contributed by atoms with Crippen LogP contribution in [0.5, 0.6) is 0 Å². The first-order valence-electron chi connectivity index (χ1n) is 21.2. The Kier molecular flexibility index (Phi) is 6.42. The van der Waals surface area contributed by atoms with Crippen molar-refractivity contribution in [1.29, 1.82) is 0 Å². The molecule has 6 unspecified atom stereocenters. The molecule has 6 atom stereocenters. The molecule has 6 aromatic rings. The molecule has 6 aromatic carbocycles.